The van der Waals surface area contributed by atoms with Crippen molar-refractivity contribution in [2.24, 2.45) is 11.3 Å². The summed E-state index contributed by atoms with van der Waals surface area (Å²) in [4.78, 5) is 11.5. The first kappa shape index (κ1) is 15.5. The minimum atomic E-state index is 0.114. The Bertz CT molecular complexity index is 260. The number of amides is 1. The van der Waals surface area contributed by atoms with Gasteiger partial charge in [-0.1, -0.05) is 20.8 Å². The van der Waals surface area contributed by atoms with Crippen LogP contribution in [0.1, 0.15) is 60.3 Å². The van der Waals surface area contributed by atoms with Gasteiger partial charge in [0.15, 0.2) is 0 Å². The van der Waals surface area contributed by atoms with Gasteiger partial charge in [0.05, 0.1) is 6.54 Å². The van der Waals surface area contributed by atoms with Crippen LogP contribution >= 0.6 is 0 Å². The number of nitrogens with one attached hydrogen (secondary N) is 2. The Hall–Kier alpha value is -0.570. The van der Waals surface area contributed by atoms with Crippen molar-refractivity contribution in [1.29, 1.82) is 0 Å². The van der Waals surface area contributed by atoms with Gasteiger partial charge in [-0.25, -0.2) is 0 Å². The molecule has 0 aromatic rings. The van der Waals surface area contributed by atoms with Gasteiger partial charge in [-0.05, 0) is 50.9 Å². The molecule has 0 aromatic heterocycles. The smallest absolute Gasteiger partial charge is 0.234 e. The zero-order valence-electron chi connectivity index (χ0n) is 12.7. The van der Waals surface area contributed by atoms with Gasteiger partial charge in [-0.2, -0.15) is 0 Å². The first-order valence-corrected chi connectivity index (χ1v) is 7.31. The molecular formula is C15H30N2O. The van der Waals surface area contributed by atoms with Crippen LogP contribution in [-0.4, -0.2) is 24.5 Å². The first-order chi connectivity index (χ1) is 8.29. The standard InChI is InChI=1S/C15H30N2O/c1-11(2)17-14(18)10-16-13-8-6-12(7-9-13)15(3,4)5/h11-13,16H,6-10H2,1-5H3,(H,17,18). The molecule has 1 aliphatic carbocycles. The van der Waals surface area contributed by atoms with E-state index in [0.717, 1.165) is 5.92 Å². The average molecular weight is 254 g/mol. The third kappa shape index (κ3) is 5.38. The minimum Gasteiger partial charge on any atom is -0.353 e. The lowest BCUT2D eigenvalue weighted by Gasteiger charge is -2.37. The van der Waals surface area contributed by atoms with Crippen molar-refractivity contribution in [2.45, 2.75) is 72.4 Å². The molecule has 0 unspecified atom stereocenters. The second-order valence-corrected chi connectivity index (χ2v) is 7.02. The summed E-state index contributed by atoms with van der Waals surface area (Å²) in [5.74, 6) is 0.947. The van der Waals surface area contributed by atoms with E-state index < -0.39 is 0 Å². The monoisotopic (exact) mass is 254 g/mol. The lowest BCUT2D eigenvalue weighted by Crippen LogP contribution is -2.43. The quantitative estimate of drug-likeness (QED) is 0.810. The van der Waals surface area contributed by atoms with Gasteiger partial charge in [0.1, 0.15) is 0 Å². The fourth-order valence-electron chi connectivity index (χ4n) is 2.77. The van der Waals surface area contributed by atoms with Gasteiger partial charge in [0.2, 0.25) is 5.91 Å². The zero-order chi connectivity index (χ0) is 13.8. The molecule has 1 fully saturated rings. The molecule has 1 rings (SSSR count). The molecule has 0 radical (unpaired) electrons. The van der Waals surface area contributed by atoms with Crippen LogP contribution in [0.25, 0.3) is 0 Å². The van der Waals surface area contributed by atoms with E-state index >= 15 is 0 Å². The number of carbonyl (C=O) groups is 1. The van der Waals surface area contributed by atoms with Crippen molar-refractivity contribution in [3.05, 3.63) is 0 Å². The lowest BCUT2D eigenvalue weighted by atomic mass is 9.71. The van der Waals surface area contributed by atoms with Crippen LogP contribution in [0.5, 0.6) is 0 Å². The SMILES string of the molecule is CC(C)NC(=O)CNC1CCC(C(C)(C)C)CC1. The van der Waals surface area contributed by atoms with Gasteiger partial charge in [0, 0.05) is 12.1 Å². The molecule has 1 saturated carbocycles. The highest BCUT2D eigenvalue weighted by molar-refractivity contribution is 5.78. The second-order valence-electron chi connectivity index (χ2n) is 7.02. The average Bonchev–Trinajstić information content (AvgIpc) is 2.25. The zero-order valence-corrected chi connectivity index (χ0v) is 12.7. The summed E-state index contributed by atoms with van der Waals surface area (Å²) in [6.07, 6.45) is 4.98. The van der Waals surface area contributed by atoms with E-state index in [1.165, 1.54) is 25.7 Å². The fraction of sp³-hybridized carbons (Fsp3) is 0.933. The van der Waals surface area contributed by atoms with Crippen LogP contribution in [0.2, 0.25) is 0 Å². The highest BCUT2D eigenvalue weighted by atomic mass is 16.1. The van der Waals surface area contributed by atoms with Crippen LogP contribution in [0, 0.1) is 11.3 Å². The number of carbonyl (C=O) groups excluding carboxylic acids is 1. The van der Waals surface area contributed by atoms with Crippen molar-refractivity contribution < 1.29 is 4.79 Å². The fourth-order valence-corrected chi connectivity index (χ4v) is 2.77. The van der Waals surface area contributed by atoms with E-state index in [1.807, 2.05) is 13.8 Å². The summed E-state index contributed by atoms with van der Waals surface area (Å²) in [6.45, 7) is 11.5. The number of rotatable bonds is 4. The van der Waals surface area contributed by atoms with E-state index in [1.54, 1.807) is 0 Å². The van der Waals surface area contributed by atoms with Crippen LogP contribution in [-0.2, 0) is 4.79 Å². The van der Waals surface area contributed by atoms with Crippen molar-refractivity contribution >= 4 is 5.91 Å². The highest BCUT2D eigenvalue weighted by Gasteiger charge is 2.29. The van der Waals surface area contributed by atoms with Gasteiger partial charge < -0.3 is 10.6 Å². The number of hydrogen-bond donors (Lipinski definition) is 2. The minimum absolute atomic E-state index is 0.114. The van der Waals surface area contributed by atoms with Gasteiger partial charge in [0.25, 0.3) is 0 Å². The van der Waals surface area contributed by atoms with Crippen LogP contribution < -0.4 is 10.6 Å². The summed E-state index contributed by atoms with van der Waals surface area (Å²) in [5, 5.41) is 6.30. The Labute approximate surface area is 112 Å². The lowest BCUT2D eigenvalue weighted by molar-refractivity contribution is -0.120. The maximum atomic E-state index is 11.5. The van der Waals surface area contributed by atoms with Crippen molar-refractivity contribution in [2.75, 3.05) is 6.54 Å². The summed E-state index contributed by atoms with van der Waals surface area (Å²) in [5.41, 5.74) is 0.431. The van der Waals surface area contributed by atoms with Crippen LogP contribution in [0.15, 0.2) is 0 Å². The Kier molecular flexibility index (Phi) is 5.64. The predicted octanol–water partition coefficient (Wildman–Crippen LogP) is 2.71. The molecule has 0 spiro atoms. The molecular weight excluding hydrogens is 224 g/mol. The molecule has 3 heteroatoms. The third-order valence-corrected chi connectivity index (χ3v) is 3.95. The van der Waals surface area contributed by atoms with E-state index in [-0.39, 0.29) is 11.9 Å². The van der Waals surface area contributed by atoms with Crippen molar-refractivity contribution in [1.82, 2.24) is 10.6 Å². The van der Waals surface area contributed by atoms with Gasteiger partial charge >= 0.3 is 0 Å². The van der Waals surface area contributed by atoms with E-state index in [4.69, 9.17) is 0 Å². The molecule has 0 aliphatic heterocycles. The topological polar surface area (TPSA) is 41.1 Å². The van der Waals surface area contributed by atoms with E-state index in [9.17, 15) is 4.79 Å². The number of hydrogen-bond acceptors (Lipinski definition) is 2. The van der Waals surface area contributed by atoms with E-state index in [0.29, 0.717) is 18.0 Å². The Morgan fingerprint density at radius 3 is 2.17 bits per heavy atom. The molecule has 1 amide bonds. The molecule has 0 atom stereocenters. The molecule has 3 nitrogen and oxygen atoms in total. The Morgan fingerprint density at radius 1 is 1.17 bits per heavy atom. The normalized spacial score (nSPS) is 25.2. The summed E-state index contributed by atoms with van der Waals surface area (Å²) in [6, 6.07) is 0.762. The van der Waals surface area contributed by atoms with Crippen LogP contribution in [0.3, 0.4) is 0 Å². The Balaban J connectivity index is 2.22. The summed E-state index contributed by atoms with van der Waals surface area (Å²) < 4.78 is 0. The summed E-state index contributed by atoms with van der Waals surface area (Å²) in [7, 11) is 0. The molecule has 1 aliphatic rings. The molecule has 0 saturated heterocycles. The maximum absolute atomic E-state index is 11.5. The maximum Gasteiger partial charge on any atom is 0.234 e. The largest absolute Gasteiger partial charge is 0.353 e. The first-order valence-electron chi connectivity index (χ1n) is 7.31. The van der Waals surface area contributed by atoms with E-state index in [2.05, 4.69) is 31.4 Å². The molecule has 0 aromatic carbocycles. The molecule has 106 valence electrons. The second kappa shape index (κ2) is 6.55. The third-order valence-electron chi connectivity index (χ3n) is 3.95. The highest BCUT2D eigenvalue weighted by Crippen LogP contribution is 2.37. The van der Waals surface area contributed by atoms with Crippen molar-refractivity contribution in [3.8, 4) is 0 Å². The molecule has 0 bridgehead atoms. The summed E-state index contributed by atoms with van der Waals surface area (Å²) >= 11 is 0. The van der Waals surface area contributed by atoms with Gasteiger partial charge in [-0.3, -0.25) is 4.79 Å². The van der Waals surface area contributed by atoms with Gasteiger partial charge in [-0.15, -0.1) is 0 Å². The Morgan fingerprint density at radius 2 is 1.72 bits per heavy atom. The molecule has 0 heterocycles. The molecule has 18 heavy (non-hydrogen) atoms. The molecule has 2 N–H and O–H groups in total. The van der Waals surface area contributed by atoms with Crippen molar-refractivity contribution in [3.63, 3.8) is 0 Å². The van der Waals surface area contributed by atoms with Crippen LogP contribution in [0.4, 0.5) is 0 Å². The predicted molar refractivity (Wildman–Crippen MR) is 76.5 cm³/mol.